The summed E-state index contributed by atoms with van der Waals surface area (Å²) in [5.74, 6) is 2.74. The van der Waals surface area contributed by atoms with Crippen molar-refractivity contribution in [2.24, 2.45) is 0 Å². The first-order valence-electron chi connectivity index (χ1n) is 8.93. The number of hydrogen-bond acceptors (Lipinski definition) is 8. The molecule has 2 heterocycles. The lowest BCUT2D eigenvalue weighted by Gasteiger charge is -2.12. The first kappa shape index (κ1) is 19.7. The highest BCUT2D eigenvalue weighted by Gasteiger charge is 2.15. The standard InChI is InChI=1S/C21H19N3O5S/c1-26-14-7-5-13(6-8-14)19-22-21-24(23-19)20(25)17(30-21)11-12-9-15(27-2)18(29-4)16(10-12)28-3/h5-11H,1-4H3/b17-11-. The second kappa shape index (κ2) is 8.03. The minimum Gasteiger partial charge on any atom is -0.497 e. The van der Waals surface area contributed by atoms with Gasteiger partial charge in [0.1, 0.15) is 5.75 Å². The molecule has 0 unspecified atom stereocenters. The molecule has 0 fully saturated rings. The summed E-state index contributed by atoms with van der Waals surface area (Å²) in [5, 5.41) is 4.37. The number of benzene rings is 2. The van der Waals surface area contributed by atoms with Crippen molar-refractivity contribution in [2.75, 3.05) is 28.4 Å². The van der Waals surface area contributed by atoms with Crippen LogP contribution in [0.15, 0.2) is 41.2 Å². The largest absolute Gasteiger partial charge is 0.497 e. The van der Waals surface area contributed by atoms with E-state index in [2.05, 4.69) is 10.1 Å². The fourth-order valence-corrected chi connectivity index (χ4v) is 3.94. The van der Waals surface area contributed by atoms with E-state index in [4.69, 9.17) is 18.9 Å². The van der Waals surface area contributed by atoms with Gasteiger partial charge >= 0.3 is 0 Å². The van der Waals surface area contributed by atoms with E-state index in [1.54, 1.807) is 46.6 Å². The van der Waals surface area contributed by atoms with Gasteiger partial charge in [0.2, 0.25) is 10.7 Å². The summed E-state index contributed by atoms with van der Waals surface area (Å²) in [6.07, 6.45) is 1.75. The van der Waals surface area contributed by atoms with Crippen molar-refractivity contribution in [3.63, 3.8) is 0 Å². The Morgan fingerprint density at radius 3 is 2.13 bits per heavy atom. The Bertz CT molecular complexity index is 1290. The molecule has 0 spiro atoms. The molecule has 154 valence electrons. The topological polar surface area (TPSA) is 84.2 Å². The van der Waals surface area contributed by atoms with Gasteiger partial charge < -0.3 is 18.9 Å². The van der Waals surface area contributed by atoms with Crippen LogP contribution in [0.1, 0.15) is 5.56 Å². The van der Waals surface area contributed by atoms with Crippen molar-refractivity contribution >= 4 is 22.4 Å². The Morgan fingerprint density at radius 1 is 0.933 bits per heavy atom. The van der Waals surface area contributed by atoms with Crippen molar-refractivity contribution in [1.29, 1.82) is 0 Å². The zero-order valence-electron chi connectivity index (χ0n) is 16.8. The van der Waals surface area contributed by atoms with E-state index < -0.39 is 0 Å². The average Bonchev–Trinajstić information content (AvgIpc) is 3.32. The van der Waals surface area contributed by atoms with Crippen LogP contribution < -0.4 is 29.0 Å². The number of hydrogen-bond donors (Lipinski definition) is 0. The van der Waals surface area contributed by atoms with Crippen LogP contribution in [0.4, 0.5) is 0 Å². The van der Waals surface area contributed by atoms with Crippen molar-refractivity contribution in [3.8, 4) is 34.4 Å². The highest BCUT2D eigenvalue weighted by atomic mass is 32.1. The van der Waals surface area contributed by atoms with Gasteiger partial charge in [-0.15, -0.1) is 5.10 Å². The molecule has 0 bridgehead atoms. The molecule has 0 amide bonds. The van der Waals surface area contributed by atoms with Gasteiger partial charge in [-0.25, -0.2) is 0 Å². The Balaban J connectivity index is 1.77. The molecule has 8 nitrogen and oxygen atoms in total. The van der Waals surface area contributed by atoms with E-state index in [9.17, 15) is 4.79 Å². The quantitative estimate of drug-likeness (QED) is 0.469. The van der Waals surface area contributed by atoms with Crippen molar-refractivity contribution in [1.82, 2.24) is 14.6 Å². The lowest BCUT2D eigenvalue weighted by Crippen LogP contribution is -2.23. The Kier molecular flexibility index (Phi) is 5.28. The summed E-state index contributed by atoms with van der Waals surface area (Å²) < 4.78 is 23.1. The SMILES string of the molecule is COc1ccc(-c2nc3s/c(=C\c4cc(OC)c(OC)c(OC)c4)c(=O)n3n2)cc1. The minimum atomic E-state index is -0.240. The van der Waals surface area contributed by atoms with Crippen LogP contribution in [0.3, 0.4) is 0 Å². The van der Waals surface area contributed by atoms with E-state index in [0.717, 1.165) is 16.9 Å². The molecule has 0 radical (unpaired) electrons. The highest BCUT2D eigenvalue weighted by molar-refractivity contribution is 7.15. The molecule has 0 saturated carbocycles. The van der Waals surface area contributed by atoms with Crippen LogP contribution in [0.5, 0.6) is 23.0 Å². The highest BCUT2D eigenvalue weighted by Crippen LogP contribution is 2.38. The Morgan fingerprint density at radius 2 is 1.60 bits per heavy atom. The summed E-state index contributed by atoms with van der Waals surface area (Å²) in [6, 6.07) is 10.9. The van der Waals surface area contributed by atoms with E-state index in [0.29, 0.717) is 32.6 Å². The molecule has 9 heteroatoms. The van der Waals surface area contributed by atoms with Crippen LogP contribution in [-0.4, -0.2) is 43.0 Å². The third kappa shape index (κ3) is 3.43. The van der Waals surface area contributed by atoms with Gasteiger partial charge in [0.05, 0.1) is 33.0 Å². The Labute approximate surface area is 175 Å². The van der Waals surface area contributed by atoms with Gasteiger partial charge in [-0.3, -0.25) is 4.79 Å². The van der Waals surface area contributed by atoms with Crippen LogP contribution in [0.25, 0.3) is 22.4 Å². The van der Waals surface area contributed by atoms with Gasteiger partial charge in [0.15, 0.2) is 17.3 Å². The molecule has 0 aliphatic heterocycles. The molecule has 0 atom stereocenters. The second-order valence-electron chi connectivity index (χ2n) is 6.23. The second-order valence-corrected chi connectivity index (χ2v) is 7.24. The van der Waals surface area contributed by atoms with Crippen LogP contribution in [0, 0.1) is 0 Å². The van der Waals surface area contributed by atoms with Crippen LogP contribution in [-0.2, 0) is 0 Å². The number of methoxy groups -OCH3 is 4. The lowest BCUT2D eigenvalue weighted by molar-refractivity contribution is 0.324. The average molecular weight is 425 g/mol. The predicted octanol–water partition coefficient (Wildman–Crippen LogP) is 2.40. The molecule has 0 saturated heterocycles. The van der Waals surface area contributed by atoms with E-state index in [1.807, 2.05) is 24.3 Å². The molecule has 0 aliphatic carbocycles. The molecule has 2 aromatic carbocycles. The van der Waals surface area contributed by atoms with Gasteiger partial charge in [-0.05, 0) is 48.0 Å². The van der Waals surface area contributed by atoms with Gasteiger partial charge in [0, 0.05) is 5.56 Å². The first-order chi connectivity index (χ1) is 14.6. The van der Waals surface area contributed by atoms with E-state index >= 15 is 0 Å². The molecular formula is C21H19N3O5S. The smallest absolute Gasteiger partial charge is 0.291 e. The number of aromatic nitrogens is 3. The van der Waals surface area contributed by atoms with Gasteiger partial charge in [-0.1, -0.05) is 11.3 Å². The minimum absolute atomic E-state index is 0.240. The van der Waals surface area contributed by atoms with E-state index in [-0.39, 0.29) is 5.56 Å². The normalized spacial score (nSPS) is 11.7. The Hall–Kier alpha value is -3.59. The fraction of sp³-hybridized carbons (Fsp3) is 0.190. The predicted molar refractivity (Wildman–Crippen MR) is 114 cm³/mol. The maximum atomic E-state index is 12.8. The number of thiazole rings is 1. The zero-order chi connectivity index (χ0) is 21.3. The molecule has 4 aromatic rings. The fourth-order valence-electron chi connectivity index (χ4n) is 3.03. The summed E-state index contributed by atoms with van der Waals surface area (Å²) in [5.41, 5.74) is 1.30. The van der Waals surface area contributed by atoms with Gasteiger partial charge in [0.25, 0.3) is 5.56 Å². The van der Waals surface area contributed by atoms with Gasteiger partial charge in [-0.2, -0.15) is 9.50 Å². The zero-order valence-corrected chi connectivity index (χ0v) is 17.6. The van der Waals surface area contributed by atoms with Crippen LogP contribution in [0.2, 0.25) is 0 Å². The number of rotatable bonds is 6. The third-order valence-corrected chi connectivity index (χ3v) is 5.47. The van der Waals surface area contributed by atoms with Crippen molar-refractivity contribution < 1.29 is 18.9 Å². The number of ether oxygens (including phenoxy) is 4. The van der Waals surface area contributed by atoms with Crippen molar-refractivity contribution in [3.05, 3.63) is 56.8 Å². The van der Waals surface area contributed by atoms with Crippen LogP contribution >= 0.6 is 11.3 Å². The monoisotopic (exact) mass is 425 g/mol. The molecule has 0 aliphatic rings. The number of fused-ring (bicyclic) bond motifs is 1. The first-order valence-corrected chi connectivity index (χ1v) is 9.75. The summed E-state index contributed by atoms with van der Waals surface area (Å²) in [7, 11) is 6.24. The molecule has 30 heavy (non-hydrogen) atoms. The molecular weight excluding hydrogens is 406 g/mol. The summed E-state index contributed by atoms with van der Waals surface area (Å²) in [4.78, 5) is 17.9. The summed E-state index contributed by atoms with van der Waals surface area (Å²) >= 11 is 1.26. The van der Waals surface area contributed by atoms with E-state index in [1.165, 1.54) is 15.9 Å². The molecule has 2 aromatic heterocycles. The maximum Gasteiger partial charge on any atom is 0.291 e. The molecule has 4 rings (SSSR count). The molecule has 0 N–H and O–H groups in total. The third-order valence-electron chi connectivity index (χ3n) is 4.51. The number of nitrogens with zero attached hydrogens (tertiary/aromatic N) is 3. The van der Waals surface area contributed by atoms with Crippen molar-refractivity contribution in [2.45, 2.75) is 0 Å². The maximum absolute atomic E-state index is 12.8. The lowest BCUT2D eigenvalue weighted by atomic mass is 10.1. The summed E-state index contributed by atoms with van der Waals surface area (Å²) in [6.45, 7) is 0.